The largest absolute Gasteiger partial charge is 0.497 e. The van der Waals surface area contributed by atoms with Crippen molar-refractivity contribution in [2.24, 2.45) is 5.10 Å². The van der Waals surface area contributed by atoms with Crippen LogP contribution >= 0.6 is 0 Å². The van der Waals surface area contributed by atoms with Gasteiger partial charge in [0.05, 0.1) is 20.4 Å². The molecule has 0 spiro atoms. The second-order valence-corrected chi connectivity index (χ2v) is 4.98. The quantitative estimate of drug-likeness (QED) is 0.473. The summed E-state index contributed by atoms with van der Waals surface area (Å²) in [5.74, 6) is -0.438. The van der Waals surface area contributed by atoms with Gasteiger partial charge in [-0.15, -0.1) is 0 Å². The van der Waals surface area contributed by atoms with Gasteiger partial charge >= 0.3 is 11.8 Å². The Kier molecular flexibility index (Phi) is 6.53. The minimum absolute atomic E-state index is 0.267. The molecule has 0 fully saturated rings. The molecular weight excluding hydrogens is 322 g/mol. The van der Waals surface area contributed by atoms with E-state index in [0.29, 0.717) is 17.1 Å². The van der Waals surface area contributed by atoms with Crippen LogP contribution in [-0.2, 0) is 16.1 Å². The van der Waals surface area contributed by atoms with Crippen molar-refractivity contribution in [3.8, 4) is 11.5 Å². The number of ether oxygens (including phenoxy) is 2. The first-order valence-corrected chi connectivity index (χ1v) is 7.51. The predicted molar refractivity (Wildman–Crippen MR) is 93.6 cm³/mol. The average molecular weight is 341 g/mol. The van der Waals surface area contributed by atoms with Crippen LogP contribution in [0.4, 0.5) is 0 Å². The lowest BCUT2D eigenvalue weighted by atomic mass is 10.2. The number of nitrogens with zero attached hydrogens (tertiary/aromatic N) is 1. The maximum atomic E-state index is 11.7. The Morgan fingerprint density at radius 2 is 1.80 bits per heavy atom. The number of rotatable bonds is 6. The fourth-order valence-electron chi connectivity index (χ4n) is 1.99. The Hall–Kier alpha value is -3.35. The zero-order valence-corrected chi connectivity index (χ0v) is 14.0. The van der Waals surface area contributed by atoms with Crippen LogP contribution in [0.15, 0.2) is 53.6 Å². The van der Waals surface area contributed by atoms with E-state index in [1.807, 2.05) is 30.3 Å². The van der Waals surface area contributed by atoms with E-state index in [1.54, 1.807) is 25.3 Å². The van der Waals surface area contributed by atoms with Crippen LogP contribution in [-0.4, -0.2) is 32.2 Å². The second kappa shape index (κ2) is 9.07. The molecule has 2 N–H and O–H groups in total. The number of hydrogen-bond acceptors (Lipinski definition) is 5. The summed E-state index contributed by atoms with van der Waals surface area (Å²) >= 11 is 0. The van der Waals surface area contributed by atoms with Crippen molar-refractivity contribution in [1.82, 2.24) is 10.7 Å². The third-order valence-corrected chi connectivity index (χ3v) is 3.31. The Morgan fingerprint density at radius 3 is 2.48 bits per heavy atom. The fourth-order valence-corrected chi connectivity index (χ4v) is 1.99. The van der Waals surface area contributed by atoms with Crippen LogP contribution < -0.4 is 20.2 Å². The van der Waals surface area contributed by atoms with Crippen molar-refractivity contribution in [3.63, 3.8) is 0 Å². The van der Waals surface area contributed by atoms with E-state index in [-0.39, 0.29) is 6.54 Å². The van der Waals surface area contributed by atoms with Gasteiger partial charge in [0.2, 0.25) is 0 Å². The number of benzene rings is 2. The van der Waals surface area contributed by atoms with Gasteiger partial charge < -0.3 is 14.8 Å². The SMILES string of the molecule is COc1ccc(C=NNC(=O)C(=O)NCc2ccccc2)c(OC)c1. The molecular formula is C18H19N3O4. The van der Waals surface area contributed by atoms with E-state index >= 15 is 0 Å². The highest BCUT2D eigenvalue weighted by Gasteiger charge is 2.12. The zero-order chi connectivity index (χ0) is 18.1. The van der Waals surface area contributed by atoms with Gasteiger partial charge in [-0.1, -0.05) is 30.3 Å². The summed E-state index contributed by atoms with van der Waals surface area (Å²) in [6, 6.07) is 14.4. The molecule has 0 aromatic heterocycles. The molecule has 0 aliphatic carbocycles. The number of nitrogens with one attached hydrogen (secondary N) is 2. The molecule has 0 atom stereocenters. The van der Waals surface area contributed by atoms with Crippen molar-refractivity contribution in [2.45, 2.75) is 6.54 Å². The first-order chi connectivity index (χ1) is 12.1. The first kappa shape index (κ1) is 18.0. The number of methoxy groups -OCH3 is 2. The summed E-state index contributed by atoms with van der Waals surface area (Å²) in [7, 11) is 3.07. The van der Waals surface area contributed by atoms with Crippen LogP contribution in [0.1, 0.15) is 11.1 Å². The molecule has 2 rings (SSSR count). The molecule has 0 saturated carbocycles. The Labute approximate surface area is 145 Å². The molecule has 0 unspecified atom stereocenters. The third-order valence-electron chi connectivity index (χ3n) is 3.31. The van der Waals surface area contributed by atoms with Crippen LogP contribution in [0.5, 0.6) is 11.5 Å². The Morgan fingerprint density at radius 1 is 1.04 bits per heavy atom. The zero-order valence-electron chi connectivity index (χ0n) is 14.0. The lowest BCUT2D eigenvalue weighted by Gasteiger charge is -2.07. The molecule has 0 heterocycles. The van der Waals surface area contributed by atoms with Crippen molar-refractivity contribution in [1.29, 1.82) is 0 Å². The molecule has 0 bridgehead atoms. The summed E-state index contributed by atoms with van der Waals surface area (Å²) < 4.78 is 10.3. The van der Waals surface area contributed by atoms with Gasteiger partial charge in [0.15, 0.2) is 0 Å². The number of carbonyl (C=O) groups excluding carboxylic acids is 2. The molecule has 0 aliphatic heterocycles. The molecule has 2 aromatic carbocycles. The number of hydrazone groups is 1. The number of hydrogen-bond donors (Lipinski definition) is 2. The fraction of sp³-hybridized carbons (Fsp3) is 0.167. The van der Waals surface area contributed by atoms with E-state index in [4.69, 9.17) is 9.47 Å². The Bertz CT molecular complexity index is 760. The van der Waals surface area contributed by atoms with Gasteiger partial charge in [0, 0.05) is 18.2 Å². The highest BCUT2D eigenvalue weighted by molar-refractivity contribution is 6.35. The molecule has 7 heteroatoms. The first-order valence-electron chi connectivity index (χ1n) is 7.51. The van der Waals surface area contributed by atoms with Gasteiger partial charge in [-0.3, -0.25) is 9.59 Å². The molecule has 0 saturated heterocycles. The maximum absolute atomic E-state index is 11.7. The maximum Gasteiger partial charge on any atom is 0.329 e. The minimum Gasteiger partial charge on any atom is -0.497 e. The standard InChI is InChI=1S/C18H19N3O4/c1-24-15-9-8-14(16(10-15)25-2)12-20-21-18(23)17(22)19-11-13-6-4-3-5-7-13/h3-10,12H,11H2,1-2H3,(H,19,22)(H,21,23). The van der Waals surface area contributed by atoms with Crippen molar-refractivity contribution in [3.05, 3.63) is 59.7 Å². The smallest absolute Gasteiger partial charge is 0.329 e. The normalized spacial score (nSPS) is 10.3. The lowest BCUT2D eigenvalue weighted by Crippen LogP contribution is -2.37. The predicted octanol–water partition coefficient (Wildman–Crippen LogP) is 1.47. The Balaban J connectivity index is 1.88. The van der Waals surface area contributed by atoms with E-state index in [0.717, 1.165) is 5.56 Å². The monoisotopic (exact) mass is 341 g/mol. The highest BCUT2D eigenvalue weighted by Crippen LogP contribution is 2.22. The molecule has 7 nitrogen and oxygen atoms in total. The number of carbonyl (C=O) groups is 2. The summed E-state index contributed by atoms with van der Waals surface area (Å²) in [4.78, 5) is 23.4. The van der Waals surface area contributed by atoms with Gasteiger partial charge in [0.1, 0.15) is 11.5 Å². The molecule has 25 heavy (non-hydrogen) atoms. The van der Waals surface area contributed by atoms with E-state index in [1.165, 1.54) is 13.3 Å². The van der Waals surface area contributed by atoms with Crippen LogP contribution in [0.3, 0.4) is 0 Å². The molecule has 0 radical (unpaired) electrons. The number of amides is 2. The molecule has 2 aromatic rings. The van der Waals surface area contributed by atoms with Crippen LogP contribution in [0.2, 0.25) is 0 Å². The summed E-state index contributed by atoms with van der Waals surface area (Å²) in [6.07, 6.45) is 1.39. The van der Waals surface area contributed by atoms with Crippen molar-refractivity contribution >= 4 is 18.0 Å². The van der Waals surface area contributed by atoms with Crippen molar-refractivity contribution < 1.29 is 19.1 Å². The summed E-state index contributed by atoms with van der Waals surface area (Å²) in [5.41, 5.74) is 3.71. The second-order valence-electron chi connectivity index (χ2n) is 4.98. The average Bonchev–Trinajstić information content (AvgIpc) is 2.66. The van der Waals surface area contributed by atoms with Gasteiger partial charge in [-0.05, 0) is 17.7 Å². The van der Waals surface area contributed by atoms with Gasteiger partial charge in [-0.2, -0.15) is 5.10 Å². The van der Waals surface area contributed by atoms with Crippen molar-refractivity contribution in [2.75, 3.05) is 14.2 Å². The highest BCUT2D eigenvalue weighted by atomic mass is 16.5. The van der Waals surface area contributed by atoms with E-state index < -0.39 is 11.8 Å². The topological polar surface area (TPSA) is 89.0 Å². The van der Waals surface area contributed by atoms with E-state index in [9.17, 15) is 9.59 Å². The van der Waals surface area contributed by atoms with Gasteiger partial charge in [0.25, 0.3) is 0 Å². The molecule has 2 amide bonds. The molecule has 130 valence electrons. The van der Waals surface area contributed by atoms with Gasteiger partial charge in [-0.25, -0.2) is 5.43 Å². The third kappa shape index (κ3) is 5.35. The lowest BCUT2D eigenvalue weighted by molar-refractivity contribution is -0.139. The van der Waals surface area contributed by atoms with Crippen LogP contribution in [0, 0.1) is 0 Å². The minimum atomic E-state index is -0.848. The summed E-state index contributed by atoms with van der Waals surface area (Å²) in [5, 5.41) is 6.29. The van der Waals surface area contributed by atoms with E-state index in [2.05, 4.69) is 15.8 Å². The molecule has 0 aliphatic rings. The summed E-state index contributed by atoms with van der Waals surface area (Å²) in [6.45, 7) is 0.267. The van der Waals surface area contributed by atoms with Crippen LogP contribution in [0.25, 0.3) is 0 Å².